The number of ether oxygens (including phenoxy) is 1. The van der Waals surface area contributed by atoms with Gasteiger partial charge in [-0.3, -0.25) is 0 Å². The largest absolute Gasteiger partial charge is 0.431 e. The number of rotatable bonds is 3. The van der Waals surface area contributed by atoms with E-state index in [0.29, 0.717) is 32.3 Å². The van der Waals surface area contributed by atoms with Crippen molar-refractivity contribution in [2.75, 3.05) is 0 Å². The highest BCUT2D eigenvalue weighted by Gasteiger charge is 2.22. The minimum absolute atomic E-state index is 0.0331. The van der Waals surface area contributed by atoms with Crippen LogP contribution in [0.5, 0.6) is 0 Å². The van der Waals surface area contributed by atoms with Crippen LogP contribution in [-0.4, -0.2) is 14.4 Å². The summed E-state index contributed by atoms with van der Waals surface area (Å²) in [6.45, 7) is 0. The first-order valence-electron chi connectivity index (χ1n) is 6.97. The topological polar surface area (TPSA) is 86.5 Å². The van der Waals surface area contributed by atoms with Crippen molar-refractivity contribution in [3.63, 3.8) is 0 Å². The van der Waals surface area contributed by atoms with Crippen molar-refractivity contribution in [1.29, 1.82) is 0 Å². The number of cyclic esters (lactones) is 1. The molecule has 2 aromatic rings. The number of benzene rings is 2. The van der Waals surface area contributed by atoms with Crippen molar-refractivity contribution in [2.45, 2.75) is 4.90 Å². The van der Waals surface area contributed by atoms with E-state index < -0.39 is 16.0 Å². The predicted octanol–water partition coefficient (Wildman–Crippen LogP) is 3.51. The maximum atomic E-state index is 12.0. The predicted molar refractivity (Wildman–Crippen MR) is 95.5 cm³/mol. The molecule has 1 aliphatic heterocycles. The molecule has 0 saturated heterocycles. The van der Waals surface area contributed by atoms with Gasteiger partial charge in [0.05, 0.1) is 16.7 Å². The zero-order valence-electron chi connectivity index (χ0n) is 12.6. The lowest BCUT2D eigenvalue weighted by Gasteiger charge is -2.12. The van der Waals surface area contributed by atoms with E-state index in [0.717, 1.165) is 0 Å². The number of nitrogens with two attached hydrogens (primary N) is 1. The number of esters is 1. The molecule has 25 heavy (non-hydrogen) atoms. The molecule has 8 heteroatoms. The number of carbonyl (C=O) groups excluding carboxylic acids is 1. The Morgan fingerprint density at radius 2 is 1.56 bits per heavy atom. The van der Waals surface area contributed by atoms with Gasteiger partial charge >= 0.3 is 5.97 Å². The highest BCUT2D eigenvalue weighted by molar-refractivity contribution is 7.89. The van der Waals surface area contributed by atoms with Gasteiger partial charge in [0.15, 0.2) is 0 Å². The van der Waals surface area contributed by atoms with Crippen molar-refractivity contribution >= 4 is 44.8 Å². The lowest BCUT2D eigenvalue weighted by molar-refractivity contribution is -0.132. The molecule has 0 atom stereocenters. The van der Waals surface area contributed by atoms with E-state index in [9.17, 15) is 13.2 Å². The quantitative estimate of drug-likeness (QED) is 0.636. The summed E-state index contributed by atoms with van der Waals surface area (Å²) in [5.74, 6) is -0.526. The minimum atomic E-state index is -3.82. The van der Waals surface area contributed by atoms with Crippen molar-refractivity contribution in [1.82, 2.24) is 0 Å². The van der Waals surface area contributed by atoms with Gasteiger partial charge in [-0.25, -0.2) is 18.4 Å². The molecular formula is C17H11Cl2NO4S. The summed E-state index contributed by atoms with van der Waals surface area (Å²) in [7, 11) is -3.82. The van der Waals surface area contributed by atoms with Crippen LogP contribution < -0.4 is 5.14 Å². The summed E-state index contributed by atoms with van der Waals surface area (Å²) in [6, 6.07) is 10.7. The molecule has 2 aromatic carbocycles. The van der Waals surface area contributed by atoms with E-state index in [2.05, 4.69) is 0 Å². The number of hydrogen-bond donors (Lipinski definition) is 1. The third kappa shape index (κ3) is 3.77. The Morgan fingerprint density at radius 3 is 2.04 bits per heavy atom. The van der Waals surface area contributed by atoms with Crippen LogP contribution in [0.4, 0.5) is 0 Å². The maximum absolute atomic E-state index is 12.0. The monoisotopic (exact) mass is 395 g/mol. The smallest absolute Gasteiger partial charge is 0.343 e. The molecule has 0 radical (unpaired) electrons. The van der Waals surface area contributed by atoms with Crippen molar-refractivity contribution in [3.8, 4) is 0 Å². The Hall–Kier alpha value is -2.12. The molecule has 2 N–H and O–H groups in total. The molecule has 1 heterocycles. The van der Waals surface area contributed by atoms with Crippen LogP contribution in [0.1, 0.15) is 11.1 Å². The van der Waals surface area contributed by atoms with E-state index in [1.54, 1.807) is 30.3 Å². The second kappa shape index (κ2) is 6.65. The molecule has 128 valence electrons. The molecule has 0 spiro atoms. The highest BCUT2D eigenvalue weighted by atomic mass is 35.5. The van der Waals surface area contributed by atoms with Crippen LogP contribution in [-0.2, 0) is 19.6 Å². The molecule has 0 amide bonds. The van der Waals surface area contributed by atoms with E-state index in [1.807, 2.05) is 0 Å². The van der Waals surface area contributed by atoms with Gasteiger partial charge in [0, 0.05) is 15.6 Å². The summed E-state index contributed by atoms with van der Waals surface area (Å²) in [5.41, 5.74) is 2.01. The second-order valence-corrected chi connectivity index (χ2v) is 7.66. The van der Waals surface area contributed by atoms with Gasteiger partial charge in [-0.2, -0.15) is 0 Å². The third-order valence-corrected chi connectivity index (χ3v) is 4.89. The molecule has 5 nitrogen and oxygen atoms in total. The number of halogens is 2. The number of primary sulfonamides is 1. The lowest BCUT2D eigenvalue weighted by atomic mass is 9.93. The first kappa shape index (κ1) is 17.7. The number of carbonyl (C=O) groups is 1. The Labute approximate surface area is 154 Å². The van der Waals surface area contributed by atoms with E-state index in [-0.39, 0.29) is 4.90 Å². The summed E-state index contributed by atoms with van der Waals surface area (Å²) in [5, 5.41) is 5.92. The summed E-state index contributed by atoms with van der Waals surface area (Å²) < 4.78 is 27.7. The van der Waals surface area contributed by atoms with Crippen molar-refractivity contribution < 1.29 is 17.9 Å². The SMILES string of the molecule is NS(=O)(=O)c1ccc(C(=C2C=COC2=O)c2cc(Cl)cc(Cl)c2)cc1. The summed E-state index contributed by atoms with van der Waals surface area (Å²) >= 11 is 12.1. The molecule has 0 unspecified atom stereocenters. The zero-order valence-corrected chi connectivity index (χ0v) is 14.9. The second-order valence-electron chi connectivity index (χ2n) is 5.22. The molecular weight excluding hydrogens is 385 g/mol. The van der Waals surface area contributed by atoms with Crippen LogP contribution in [0.25, 0.3) is 5.57 Å². The standard InChI is InChI=1S/C17H11Cl2NO4S/c18-12-7-11(8-13(19)9-12)16(15-5-6-24-17(15)21)10-1-3-14(4-2-10)25(20,22)23/h1-9H,(H2,20,22,23). The van der Waals surface area contributed by atoms with Gasteiger partial charge in [0.25, 0.3) is 0 Å². The fourth-order valence-corrected chi connectivity index (χ4v) is 3.51. The van der Waals surface area contributed by atoms with Crippen LogP contribution >= 0.6 is 23.2 Å². The van der Waals surface area contributed by atoms with Crippen molar-refractivity contribution in [2.24, 2.45) is 5.14 Å². The Balaban J connectivity index is 2.23. The van der Waals surface area contributed by atoms with Crippen LogP contribution in [0.2, 0.25) is 10.0 Å². The average molecular weight is 396 g/mol. The van der Waals surface area contributed by atoms with E-state index in [4.69, 9.17) is 33.1 Å². The van der Waals surface area contributed by atoms with Gasteiger partial charge in [0.1, 0.15) is 0 Å². The average Bonchev–Trinajstić information content (AvgIpc) is 2.92. The lowest BCUT2D eigenvalue weighted by Crippen LogP contribution is -2.12. The Bertz CT molecular complexity index is 1000. The zero-order chi connectivity index (χ0) is 18.2. The fraction of sp³-hybridized carbons (Fsp3) is 0. The van der Waals surface area contributed by atoms with Crippen LogP contribution in [0, 0.1) is 0 Å². The Kier molecular flexibility index (Phi) is 4.71. The molecule has 0 aliphatic carbocycles. The first-order valence-corrected chi connectivity index (χ1v) is 9.27. The molecule has 0 fully saturated rings. The third-order valence-electron chi connectivity index (χ3n) is 3.52. The summed E-state index contributed by atoms with van der Waals surface area (Å²) in [4.78, 5) is 12.0. The van der Waals surface area contributed by atoms with E-state index in [1.165, 1.54) is 24.5 Å². The van der Waals surface area contributed by atoms with Crippen molar-refractivity contribution in [3.05, 3.63) is 81.5 Å². The maximum Gasteiger partial charge on any atom is 0.343 e. The molecule has 0 saturated carbocycles. The fourth-order valence-electron chi connectivity index (χ4n) is 2.47. The molecule has 3 rings (SSSR count). The van der Waals surface area contributed by atoms with Crippen LogP contribution in [0.15, 0.2) is 65.3 Å². The van der Waals surface area contributed by atoms with Crippen LogP contribution in [0.3, 0.4) is 0 Å². The number of hydrogen-bond acceptors (Lipinski definition) is 4. The minimum Gasteiger partial charge on any atom is -0.431 e. The number of sulfonamides is 1. The molecule has 1 aliphatic rings. The summed E-state index contributed by atoms with van der Waals surface area (Å²) in [6.07, 6.45) is 2.81. The molecule has 0 bridgehead atoms. The van der Waals surface area contributed by atoms with Gasteiger partial charge in [-0.1, -0.05) is 35.3 Å². The normalized spacial score (nSPS) is 16.0. The van der Waals surface area contributed by atoms with Gasteiger partial charge in [-0.15, -0.1) is 0 Å². The first-order chi connectivity index (χ1) is 11.8. The van der Waals surface area contributed by atoms with Gasteiger partial charge in [0.2, 0.25) is 10.0 Å². The van der Waals surface area contributed by atoms with Gasteiger partial charge < -0.3 is 4.74 Å². The molecule has 0 aromatic heterocycles. The van der Waals surface area contributed by atoms with Gasteiger partial charge in [-0.05, 0) is 47.5 Å². The highest BCUT2D eigenvalue weighted by Crippen LogP contribution is 2.33. The Morgan fingerprint density at radius 1 is 0.960 bits per heavy atom. The van der Waals surface area contributed by atoms with E-state index >= 15 is 0 Å².